The molecule has 1 heterocycles. The Morgan fingerprint density at radius 3 is 2.70 bits per heavy atom. The largest absolute Gasteiger partial charge is 0.313 e. The molecule has 4 heteroatoms. The van der Waals surface area contributed by atoms with Crippen molar-refractivity contribution in [2.24, 2.45) is 5.41 Å². The first kappa shape index (κ1) is 15.8. The highest BCUT2D eigenvalue weighted by Gasteiger charge is 2.35. The lowest BCUT2D eigenvalue weighted by Gasteiger charge is -2.40. The predicted octanol–water partition coefficient (Wildman–Crippen LogP) is 3.82. The van der Waals surface area contributed by atoms with E-state index >= 15 is 0 Å². The van der Waals surface area contributed by atoms with Gasteiger partial charge in [-0.05, 0) is 50.1 Å². The van der Waals surface area contributed by atoms with E-state index < -0.39 is 0 Å². The van der Waals surface area contributed by atoms with Gasteiger partial charge in [0.2, 0.25) is 0 Å². The van der Waals surface area contributed by atoms with E-state index in [1.807, 2.05) is 31.1 Å². The lowest BCUT2D eigenvalue weighted by atomic mass is 9.75. The monoisotopic (exact) mass is 293 g/mol. The SMILES string of the molecule is CCCNC1CCC(C)(C)CC1Sc1ncc(C)cn1. The van der Waals surface area contributed by atoms with Gasteiger partial charge in [-0.15, -0.1) is 0 Å². The van der Waals surface area contributed by atoms with Gasteiger partial charge >= 0.3 is 0 Å². The van der Waals surface area contributed by atoms with E-state index in [1.165, 1.54) is 25.7 Å². The second kappa shape index (κ2) is 6.90. The molecule has 2 unspecified atom stereocenters. The van der Waals surface area contributed by atoms with Crippen LogP contribution in [0.2, 0.25) is 0 Å². The van der Waals surface area contributed by atoms with Crippen molar-refractivity contribution < 1.29 is 0 Å². The highest BCUT2D eigenvalue weighted by atomic mass is 32.2. The number of nitrogens with zero attached hydrogens (tertiary/aromatic N) is 2. The van der Waals surface area contributed by atoms with Crippen molar-refractivity contribution in [3.05, 3.63) is 18.0 Å². The van der Waals surface area contributed by atoms with Gasteiger partial charge < -0.3 is 5.32 Å². The Bertz CT molecular complexity index is 416. The zero-order valence-electron chi connectivity index (χ0n) is 13.1. The standard InChI is InChI=1S/C16H27N3S/c1-5-8-17-13-6-7-16(3,4)9-14(13)20-15-18-10-12(2)11-19-15/h10-11,13-14,17H,5-9H2,1-4H3. The summed E-state index contributed by atoms with van der Waals surface area (Å²) >= 11 is 1.85. The summed E-state index contributed by atoms with van der Waals surface area (Å²) in [5.74, 6) is 0. The molecule has 112 valence electrons. The molecule has 1 fully saturated rings. The van der Waals surface area contributed by atoms with E-state index in [9.17, 15) is 0 Å². The third kappa shape index (κ3) is 4.45. The quantitative estimate of drug-likeness (QED) is 0.837. The van der Waals surface area contributed by atoms with Crippen LogP contribution in [0.3, 0.4) is 0 Å². The molecule has 1 N–H and O–H groups in total. The molecule has 0 saturated heterocycles. The van der Waals surface area contributed by atoms with Crippen LogP contribution in [-0.4, -0.2) is 27.8 Å². The first-order chi connectivity index (χ1) is 9.50. The molecule has 0 aromatic carbocycles. The Hall–Kier alpha value is -0.610. The Morgan fingerprint density at radius 2 is 2.05 bits per heavy atom. The first-order valence-corrected chi connectivity index (χ1v) is 8.57. The first-order valence-electron chi connectivity index (χ1n) is 7.69. The van der Waals surface area contributed by atoms with Crippen molar-refractivity contribution in [1.82, 2.24) is 15.3 Å². The van der Waals surface area contributed by atoms with E-state index in [4.69, 9.17) is 0 Å². The van der Waals surface area contributed by atoms with Gasteiger partial charge in [0, 0.05) is 23.7 Å². The van der Waals surface area contributed by atoms with Gasteiger partial charge in [0.1, 0.15) is 0 Å². The zero-order chi connectivity index (χ0) is 14.6. The Morgan fingerprint density at radius 1 is 1.35 bits per heavy atom. The molecule has 0 aliphatic heterocycles. The highest BCUT2D eigenvalue weighted by Crippen LogP contribution is 2.41. The molecule has 1 saturated carbocycles. The van der Waals surface area contributed by atoms with Crippen LogP contribution in [0.4, 0.5) is 0 Å². The molecule has 0 radical (unpaired) electrons. The molecule has 1 aliphatic rings. The van der Waals surface area contributed by atoms with E-state index in [0.717, 1.165) is 17.3 Å². The molecule has 2 rings (SSSR count). The molecule has 0 bridgehead atoms. The fourth-order valence-corrected chi connectivity index (χ4v) is 4.21. The normalized spacial score (nSPS) is 25.6. The van der Waals surface area contributed by atoms with Crippen molar-refractivity contribution in [3.63, 3.8) is 0 Å². The summed E-state index contributed by atoms with van der Waals surface area (Å²) in [7, 11) is 0. The lowest BCUT2D eigenvalue weighted by molar-refractivity contribution is 0.214. The molecule has 2 atom stereocenters. The maximum Gasteiger partial charge on any atom is 0.187 e. The average molecular weight is 293 g/mol. The van der Waals surface area contributed by atoms with Crippen molar-refractivity contribution in [2.45, 2.75) is 69.8 Å². The molecule has 0 spiro atoms. The number of thioether (sulfide) groups is 1. The maximum atomic E-state index is 4.46. The second-order valence-corrected chi connectivity index (χ2v) is 7.87. The van der Waals surface area contributed by atoms with Gasteiger partial charge in [0.25, 0.3) is 0 Å². The summed E-state index contributed by atoms with van der Waals surface area (Å²) in [5, 5.41) is 5.21. The van der Waals surface area contributed by atoms with Gasteiger partial charge in [-0.2, -0.15) is 0 Å². The van der Waals surface area contributed by atoms with Crippen LogP contribution >= 0.6 is 11.8 Å². The molecule has 3 nitrogen and oxygen atoms in total. The van der Waals surface area contributed by atoms with Crippen LogP contribution in [0.1, 0.15) is 52.0 Å². The molecule has 1 aromatic heterocycles. The number of hydrogen-bond acceptors (Lipinski definition) is 4. The van der Waals surface area contributed by atoms with E-state index in [1.54, 1.807) is 0 Å². The van der Waals surface area contributed by atoms with Crippen molar-refractivity contribution in [1.29, 1.82) is 0 Å². The topological polar surface area (TPSA) is 37.8 Å². The number of hydrogen-bond donors (Lipinski definition) is 1. The summed E-state index contributed by atoms with van der Waals surface area (Å²) in [5.41, 5.74) is 1.56. The van der Waals surface area contributed by atoms with Crippen molar-refractivity contribution in [2.75, 3.05) is 6.54 Å². The summed E-state index contributed by atoms with van der Waals surface area (Å²) in [6, 6.07) is 0.595. The minimum absolute atomic E-state index is 0.437. The van der Waals surface area contributed by atoms with Crippen LogP contribution in [-0.2, 0) is 0 Å². The van der Waals surface area contributed by atoms with Gasteiger partial charge in [0.05, 0.1) is 0 Å². The van der Waals surface area contributed by atoms with Crippen molar-refractivity contribution in [3.8, 4) is 0 Å². The average Bonchev–Trinajstić information content (AvgIpc) is 2.40. The summed E-state index contributed by atoms with van der Waals surface area (Å²) < 4.78 is 0. The zero-order valence-corrected chi connectivity index (χ0v) is 14.0. The van der Waals surface area contributed by atoms with Crippen LogP contribution in [0, 0.1) is 12.3 Å². The fourth-order valence-electron chi connectivity index (χ4n) is 2.79. The van der Waals surface area contributed by atoms with E-state index in [-0.39, 0.29) is 0 Å². The van der Waals surface area contributed by atoms with Crippen LogP contribution < -0.4 is 5.32 Å². The van der Waals surface area contributed by atoms with Crippen LogP contribution in [0.5, 0.6) is 0 Å². The van der Waals surface area contributed by atoms with Crippen LogP contribution in [0.15, 0.2) is 17.6 Å². The van der Waals surface area contributed by atoms with Gasteiger partial charge in [-0.3, -0.25) is 0 Å². The van der Waals surface area contributed by atoms with Crippen molar-refractivity contribution >= 4 is 11.8 Å². The van der Waals surface area contributed by atoms with Gasteiger partial charge in [0.15, 0.2) is 5.16 Å². The molecular weight excluding hydrogens is 266 g/mol. The Labute approximate surface area is 127 Å². The molecule has 0 amide bonds. The predicted molar refractivity (Wildman–Crippen MR) is 86.1 cm³/mol. The Kier molecular flexibility index (Phi) is 5.44. The maximum absolute atomic E-state index is 4.46. The number of nitrogens with one attached hydrogen (secondary N) is 1. The summed E-state index contributed by atoms with van der Waals surface area (Å²) in [6.07, 6.45) is 8.82. The summed E-state index contributed by atoms with van der Waals surface area (Å²) in [6.45, 7) is 10.1. The Balaban J connectivity index is 2.04. The second-order valence-electron chi connectivity index (χ2n) is 6.67. The lowest BCUT2D eigenvalue weighted by Crippen LogP contribution is -2.45. The highest BCUT2D eigenvalue weighted by molar-refractivity contribution is 7.99. The minimum atomic E-state index is 0.437. The molecule has 20 heavy (non-hydrogen) atoms. The third-order valence-corrected chi connectivity index (χ3v) is 5.22. The van der Waals surface area contributed by atoms with E-state index in [0.29, 0.717) is 16.7 Å². The number of aryl methyl sites for hydroxylation is 1. The fraction of sp³-hybridized carbons (Fsp3) is 0.750. The minimum Gasteiger partial charge on any atom is -0.313 e. The molecular formula is C16H27N3S. The molecule has 1 aliphatic carbocycles. The number of aromatic nitrogens is 2. The van der Waals surface area contributed by atoms with E-state index in [2.05, 4.69) is 36.1 Å². The third-order valence-electron chi connectivity index (χ3n) is 4.01. The smallest absolute Gasteiger partial charge is 0.187 e. The molecule has 1 aromatic rings. The van der Waals surface area contributed by atoms with Gasteiger partial charge in [-0.25, -0.2) is 9.97 Å². The van der Waals surface area contributed by atoms with Crippen LogP contribution in [0.25, 0.3) is 0 Å². The van der Waals surface area contributed by atoms with Gasteiger partial charge in [-0.1, -0.05) is 32.5 Å². The summed E-state index contributed by atoms with van der Waals surface area (Å²) in [4.78, 5) is 8.92. The number of rotatable bonds is 5.